The molecule has 0 aromatic heterocycles. The number of rotatable bonds is 3. The van der Waals surface area contributed by atoms with Crippen molar-refractivity contribution in [2.24, 2.45) is 5.92 Å². The van der Waals surface area contributed by atoms with E-state index in [1.165, 1.54) is 5.57 Å². The third-order valence-electron chi connectivity index (χ3n) is 2.98. The Labute approximate surface area is 96.5 Å². The zero-order valence-electron chi connectivity index (χ0n) is 9.52. The molecule has 0 bridgehead atoms. The average Bonchev–Trinajstić information content (AvgIpc) is 2.39. The standard InChI is InChI=1S/C15H16O/c1-2-12-8-10-14(11-9-12)15(16)13-6-4-3-5-7-13/h3-10,14H,2,11H2,1H3. The lowest BCUT2D eigenvalue weighted by Crippen LogP contribution is -2.13. The summed E-state index contributed by atoms with van der Waals surface area (Å²) in [4.78, 5) is 12.1. The van der Waals surface area contributed by atoms with Crippen molar-refractivity contribution in [3.8, 4) is 0 Å². The maximum atomic E-state index is 12.1. The van der Waals surface area contributed by atoms with E-state index in [2.05, 4.69) is 19.1 Å². The van der Waals surface area contributed by atoms with Gasteiger partial charge in [0, 0.05) is 11.5 Å². The molecule has 0 saturated carbocycles. The molecule has 82 valence electrons. The number of Topliss-reactive ketones (excluding diaryl/α,β-unsaturated/α-hetero) is 1. The lowest BCUT2D eigenvalue weighted by atomic mass is 9.89. The first-order chi connectivity index (χ1) is 7.81. The Morgan fingerprint density at radius 3 is 2.62 bits per heavy atom. The highest BCUT2D eigenvalue weighted by atomic mass is 16.1. The van der Waals surface area contributed by atoms with Gasteiger partial charge in [-0.3, -0.25) is 4.79 Å². The quantitative estimate of drug-likeness (QED) is 0.697. The Hall–Kier alpha value is -1.63. The first kappa shape index (κ1) is 10.9. The van der Waals surface area contributed by atoms with E-state index in [1.54, 1.807) is 0 Å². The van der Waals surface area contributed by atoms with Crippen LogP contribution in [0.1, 0.15) is 30.1 Å². The summed E-state index contributed by atoms with van der Waals surface area (Å²) < 4.78 is 0. The second kappa shape index (κ2) is 4.93. The third kappa shape index (κ3) is 2.30. The van der Waals surface area contributed by atoms with Gasteiger partial charge in [0.1, 0.15) is 0 Å². The summed E-state index contributed by atoms with van der Waals surface area (Å²) in [6.07, 6.45) is 8.17. The van der Waals surface area contributed by atoms with Crippen LogP contribution in [0, 0.1) is 5.92 Å². The van der Waals surface area contributed by atoms with Crippen LogP contribution in [0.15, 0.2) is 54.1 Å². The molecule has 1 heteroatoms. The van der Waals surface area contributed by atoms with Crippen molar-refractivity contribution >= 4 is 5.78 Å². The van der Waals surface area contributed by atoms with Gasteiger partial charge in [-0.05, 0) is 12.8 Å². The molecule has 1 unspecified atom stereocenters. The smallest absolute Gasteiger partial charge is 0.170 e. The van der Waals surface area contributed by atoms with Crippen LogP contribution in [0.5, 0.6) is 0 Å². The largest absolute Gasteiger partial charge is 0.294 e. The number of hydrogen-bond donors (Lipinski definition) is 0. The molecule has 1 aromatic carbocycles. The van der Waals surface area contributed by atoms with Crippen molar-refractivity contribution in [2.45, 2.75) is 19.8 Å². The van der Waals surface area contributed by atoms with Gasteiger partial charge < -0.3 is 0 Å². The summed E-state index contributed by atoms with van der Waals surface area (Å²) in [5.74, 6) is 0.251. The number of hydrogen-bond acceptors (Lipinski definition) is 1. The van der Waals surface area contributed by atoms with Crippen molar-refractivity contribution in [3.05, 3.63) is 59.7 Å². The molecular formula is C15H16O. The maximum absolute atomic E-state index is 12.1. The van der Waals surface area contributed by atoms with E-state index < -0.39 is 0 Å². The molecular weight excluding hydrogens is 196 g/mol. The maximum Gasteiger partial charge on any atom is 0.170 e. The molecule has 2 rings (SSSR count). The highest BCUT2D eigenvalue weighted by Gasteiger charge is 2.17. The van der Waals surface area contributed by atoms with Crippen molar-refractivity contribution in [2.75, 3.05) is 0 Å². The number of ketones is 1. The van der Waals surface area contributed by atoms with E-state index in [0.717, 1.165) is 18.4 Å². The van der Waals surface area contributed by atoms with Crippen LogP contribution >= 0.6 is 0 Å². The summed E-state index contributed by atoms with van der Waals surface area (Å²) in [6, 6.07) is 9.52. The third-order valence-corrected chi connectivity index (χ3v) is 2.98. The van der Waals surface area contributed by atoms with Gasteiger partial charge in [0.15, 0.2) is 5.78 Å². The highest BCUT2D eigenvalue weighted by molar-refractivity contribution is 5.99. The Morgan fingerprint density at radius 1 is 1.31 bits per heavy atom. The van der Waals surface area contributed by atoms with Gasteiger partial charge in [-0.25, -0.2) is 0 Å². The predicted octanol–water partition coefficient (Wildman–Crippen LogP) is 3.78. The highest BCUT2D eigenvalue weighted by Crippen LogP contribution is 2.21. The molecule has 1 aromatic rings. The normalized spacial score (nSPS) is 19.3. The summed E-state index contributed by atoms with van der Waals surface area (Å²) >= 11 is 0. The van der Waals surface area contributed by atoms with Gasteiger partial charge in [-0.15, -0.1) is 0 Å². The van der Waals surface area contributed by atoms with E-state index >= 15 is 0 Å². The van der Waals surface area contributed by atoms with Crippen LogP contribution in [0.4, 0.5) is 0 Å². The van der Waals surface area contributed by atoms with Crippen LogP contribution in [0.2, 0.25) is 0 Å². The number of carbonyl (C=O) groups excluding carboxylic acids is 1. The fourth-order valence-corrected chi connectivity index (χ4v) is 1.94. The molecule has 0 saturated heterocycles. The van der Waals surface area contributed by atoms with Gasteiger partial charge in [-0.1, -0.05) is 61.1 Å². The second-order valence-electron chi connectivity index (χ2n) is 4.06. The molecule has 0 N–H and O–H groups in total. The molecule has 1 atom stereocenters. The molecule has 0 aliphatic heterocycles. The minimum Gasteiger partial charge on any atom is -0.294 e. The Balaban J connectivity index is 2.09. The minimum absolute atomic E-state index is 0.0256. The van der Waals surface area contributed by atoms with Crippen molar-refractivity contribution in [1.29, 1.82) is 0 Å². The summed E-state index contributed by atoms with van der Waals surface area (Å²) in [5, 5.41) is 0. The van der Waals surface area contributed by atoms with Crippen LogP contribution in [0.25, 0.3) is 0 Å². The van der Waals surface area contributed by atoms with E-state index in [9.17, 15) is 4.79 Å². The van der Waals surface area contributed by atoms with Crippen molar-refractivity contribution in [3.63, 3.8) is 0 Å². The SMILES string of the molecule is CCC1=CCC(C(=O)c2ccccc2)C=C1. The van der Waals surface area contributed by atoms with Crippen LogP contribution < -0.4 is 0 Å². The molecule has 1 nitrogen and oxygen atoms in total. The average molecular weight is 212 g/mol. The topological polar surface area (TPSA) is 17.1 Å². The summed E-state index contributed by atoms with van der Waals surface area (Å²) in [7, 11) is 0. The van der Waals surface area contributed by atoms with Gasteiger partial charge in [0.05, 0.1) is 0 Å². The zero-order chi connectivity index (χ0) is 11.4. The Bertz CT molecular complexity index is 426. The molecule has 0 amide bonds. The lowest BCUT2D eigenvalue weighted by Gasteiger charge is -2.14. The molecule has 0 spiro atoms. The second-order valence-corrected chi connectivity index (χ2v) is 4.06. The zero-order valence-corrected chi connectivity index (χ0v) is 9.52. The Morgan fingerprint density at radius 2 is 2.06 bits per heavy atom. The fraction of sp³-hybridized carbons (Fsp3) is 0.267. The fourth-order valence-electron chi connectivity index (χ4n) is 1.94. The summed E-state index contributed by atoms with van der Waals surface area (Å²) in [6.45, 7) is 2.13. The first-order valence-corrected chi connectivity index (χ1v) is 5.77. The van der Waals surface area contributed by atoms with E-state index in [4.69, 9.17) is 0 Å². The van der Waals surface area contributed by atoms with Crippen LogP contribution in [-0.2, 0) is 0 Å². The van der Waals surface area contributed by atoms with E-state index in [-0.39, 0.29) is 11.7 Å². The molecule has 0 radical (unpaired) electrons. The summed E-state index contributed by atoms with van der Waals surface area (Å²) in [5.41, 5.74) is 2.14. The monoisotopic (exact) mass is 212 g/mol. The molecule has 1 aliphatic carbocycles. The number of carbonyl (C=O) groups is 1. The van der Waals surface area contributed by atoms with Gasteiger partial charge in [0.25, 0.3) is 0 Å². The van der Waals surface area contributed by atoms with Gasteiger partial charge in [0.2, 0.25) is 0 Å². The Kier molecular flexibility index (Phi) is 3.35. The number of allylic oxidation sites excluding steroid dienone is 4. The molecule has 1 aliphatic rings. The molecule has 16 heavy (non-hydrogen) atoms. The van der Waals surface area contributed by atoms with E-state index in [1.807, 2.05) is 36.4 Å². The minimum atomic E-state index is 0.0256. The predicted molar refractivity (Wildman–Crippen MR) is 66.4 cm³/mol. The van der Waals surface area contributed by atoms with Crippen molar-refractivity contribution < 1.29 is 4.79 Å². The van der Waals surface area contributed by atoms with Gasteiger partial charge >= 0.3 is 0 Å². The number of benzene rings is 1. The first-order valence-electron chi connectivity index (χ1n) is 5.77. The molecule has 0 fully saturated rings. The van der Waals surface area contributed by atoms with Crippen LogP contribution in [-0.4, -0.2) is 5.78 Å². The molecule has 0 heterocycles. The van der Waals surface area contributed by atoms with Crippen LogP contribution in [0.3, 0.4) is 0 Å². The van der Waals surface area contributed by atoms with Crippen molar-refractivity contribution in [1.82, 2.24) is 0 Å². The van der Waals surface area contributed by atoms with E-state index in [0.29, 0.717) is 0 Å². The van der Waals surface area contributed by atoms with Gasteiger partial charge in [-0.2, -0.15) is 0 Å². The lowest BCUT2D eigenvalue weighted by molar-refractivity contribution is 0.0945.